The van der Waals surface area contributed by atoms with Crippen LogP contribution in [0.4, 0.5) is 11.8 Å². The molecule has 0 aliphatic heterocycles. The number of hydrogen-bond acceptors (Lipinski definition) is 4. The molecule has 0 unspecified atom stereocenters. The Morgan fingerprint density at radius 3 is 2.72 bits per heavy atom. The van der Waals surface area contributed by atoms with Crippen molar-refractivity contribution in [3.63, 3.8) is 0 Å². The molecule has 1 aromatic rings. The molecule has 1 aliphatic rings. The van der Waals surface area contributed by atoms with Crippen LogP contribution in [0.25, 0.3) is 0 Å². The maximum atomic E-state index is 6.11. The molecule has 2 rings (SSSR count). The van der Waals surface area contributed by atoms with Crippen molar-refractivity contribution in [2.75, 3.05) is 23.7 Å². The average molecular weight is 269 g/mol. The predicted octanol–water partition coefficient (Wildman–Crippen LogP) is 3.55. The maximum Gasteiger partial charge on any atom is 0.224 e. The van der Waals surface area contributed by atoms with E-state index in [4.69, 9.17) is 11.6 Å². The Morgan fingerprint density at radius 2 is 2.11 bits per heavy atom. The van der Waals surface area contributed by atoms with Crippen molar-refractivity contribution in [1.82, 2.24) is 9.97 Å². The van der Waals surface area contributed by atoms with Gasteiger partial charge in [-0.2, -0.15) is 4.98 Å². The van der Waals surface area contributed by atoms with E-state index in [1.165, 1.54) is 19.3 Å². The molecular formula is C13H21ClN4. The highest BCUT2D eigenvalue weighted by molar-refractivity contribution is 6.32. The summed E-state index contributed by atoms with van der Waals surface area (Å²) in [7, 11) is 0. The Hall–Kier alpha value is -1.03. The van der Waals surface area contributed by atoms with E-state index in [0.29, 0.717) is 16.4 Å². The summed E-state index contributed by atoms with van der Waals surface area (Å²) in [5, 5.41) is 7.12. The number of aromatic nitrogens is 2. The Labute approximate surface area is 114 Å². The van der Waals surface area contributed by atoms with Gasteiger partial charge in [-0.15, -0.1) is 0 Å². The van der Waals surface area contributed by atoms with E-state index in [0.717, 1.165) is 25.3 Å². The largest absolute Gasteiger partial charge is 0.368 e. The molecular weight excluding hydrogens is 248 g/mol. The van der Waals surface area contributed by atoms with Crippen LogP contribution in [0.2, 0.25) is 5.02 Å². The third-order valence-electron chi connectivity index (χ3n) is 3.62. The standard InChI is InChI=1S/C13H21ClN4/c1-3-7-15-12-16-8-10(14)11(18-12)17-9-13(4-2)5-6-13/h8H,3-7,9H2,1-2H3,(H2,15,16,17,18). The van der Waals surface area contributed by atoms with E-state index in [2.05, 4.69) is 34.4 Å². The van der Waals surface area contributed by atoms with Gasteiger partial charge in [-0.1, -0.05) is 25.4 Å². The van der Waals surface area contributed by atoms with Crippen LogP contribution in [0.15, 0.2) is 6.20 Å². The number of nitrogens with one attached hydrogen (secondary N) is 2. The minimum Gasteiger partial charge on any atom is -0.368 e. The van der Waals surface area contributed by atoms with Crippen LogP contribution in [-0.2, 0) is 0 Å². The van der Waals surface area contributed by atoms with Gasteiger partial charge < -0.3 is 10.6 Å². The molecule has 2 N–H and O–H groups in total. The summed E-state index contributed by atoms with van der Waals surface area (Å²) in [6, 6.07) is 0. The van der Waals surface area contributed by atoms with Crippen LogP contribution in [0.5, 0.6) is 0 Å². The zero-order valence-corrected chi connectivity index (χ0v) is 11.8. The fraction of sp³-hybridized carbons (Fsp3) is 0.692. The van der Waals surface area contributed by atoms with Crippen molar-refractivity contribution in [1.29, 1.82) is 0 Å². The molecule has 1 aliphatic carbocycles. The SMILES string of the molecule is CCCNc1ncc(Cl)c(NCC2(CC)CC2)n1. The third-order valence-corrected chi connectivity index (χ3v) is 3.89. The molecule has 0 atom stereocenters. The number of anilines is 2. The molecule has 0 spiro atoms. The lowest BCUT2D eigenvalue weighted by Gasteiger charge is -2.15. The quantitative estimate of drug-likeness (QED) is 0.794. The first kappa shape index (κ1) is 13.4. The highest BCUT2D eigenvalue weighted by Gasteiger charge is 2.40. The van der Waals surface area contributed by atoms with Crippen LogP contribution >= 0.6 is 11.6 Å². The van der Waals surface area contributed by atoms with Gasteiger partial charge in [0.1, 0.15) is 5.02 Å². The Bertz CT molecular complexity index is 404. The number of nitrogens with zero attached hydrogens (tertiary/aromatic N) is 2. The molecule has 0 amide bonds. The summed E-state index contributed by atoms with van der Waals surface area (Å²) in [4.78, 5) is 8.57. The van der Waals surface area contributed by atoms with Gasteiger partial charge in [-0.3, -0.25) is 0 Å². The Kier molecular flexibility index (Phi) is 4.27. The third kappa shape index (κ3) is 3.25. The first-order chi connectivity index (χ1) is 8.69. The van der Waals surface area contributed by atoms with E-state index in [1.807, 2.05) is 0 Å². The van der Waals surface area contributed by atoms with Crippen LogP contribution in [0.3, 0.4) is 0 Å². The molecule has 4 nitrogen and oxygen atoms in total. The molecule has 18 heavy (non-hydrogen) atoms. The second-order valence-electron chi connectivity index (χ2n) is 5.02. The molecule has 0 saturated heterocycles. The van der Waals surface area contributed by atoms with E-state index in [9.17, 15) is 0 Å². The normalized spacial score (nSPS) is 16.4. The van der Waals surface area contributed by atoms with Crippen molar-refractivity contribution in [2.45, 2.75) is 39.5 Å². The van der Waals surface area contributed by atoms with Crippen LogP contribution < -0.4 is 10.6 Å². The topological polar surface area (TPSA) is 49.8 Å². The van der Waals surface area contributed by atoms with Gasteiger partial charge in [0.2, 0.25) is 5.95 Å². The lowest BCUT2D eigenvalue weighted by atomic mass is 10.0. The van der Waals surface area contributed by atoms with Crippen molar-refractivity contribution >= 4 is 23.4 Å². The van der Waals surface area contributed by atoms with Gasteiger partial charge in [0.15, 0.2) is 5.82 Å². The smallest absolute Gasteiger partial charge is 0.224 e. The summed E-state index contributed by atoms with van der Waals surface area (Å²) < 4.78 is 0. The summed E-state index contributed by atoms with van der Waals surface area (Å²) in [6.45, 7) is 6.18. The Morgan fingerprint density at radius 1 is 1.33 bits per heavy atom. The molecule has 1 aromatic heterocycles. The van der Waals surface area contributed by atoms with Gasteiger partial charge in [-0.05, 0) is 31.1 Å². The minimum atomic E-state index is 0.477. The fourth-order valence-corrected chi connectivity index (χ4v) is 2.07. The van der Waals surface area contributed by atoms with Gasteiger partial charge in [0, 0.05) is 13.1 Å². The van der Waals surface area contributed by atoms with Crippen molar-refractivity contribution in [3.8, 4) is 0 Å². The number of rotatable bonds is 7. The van der Waals surface area contributed by atoms with Gasteiger partial charge in [-0.25, -0.2) is 4.98 Å². The zero-order chi connectivity index (χ0) is 13.0. The Balaban J connectivity index is 1.97. The molecule has 0 bridgehead atoms. The lowest BCUT2D eigenvalue weighted by molar-refractivity contribution is 0.520. The van der Waals surface area contributed by atoms with Crippen molar-refractivity contribution < 1.29 is 0 Å². The molecule has 1 heterocycles. The second-order valence-corrected chi connectivity index (χ2v) is 5.43. The predicted molar refractivity (Wildman–Crippen MR) is 76.3 cm³/mol. The van der Waals surface area contributed by atoms with E-state index < -0.39 is 0 Å². The molecule has 1 fully saturated rings. The van der Waals surface area contributed by atoms with E-state index >= 15 is 0 Å². The van der Waals surface area contributed by atoms with Gasteiger partial charge in [0.25, 0.3) is 0 Å². The summed E-state index contributed by atoms with van der Waals surface area (Å²) in [6.07, 6.45) is 6.53. The molecule has 0 aromatic carbocycles. The summed E-state index contributed by atoms with van der Waals surface area (Å²) in [5.41, 5.74) is 0.477. The zero-order valence-electron chi connectivity index (χ0n) is 11.1. The summed E-state index contributed by atoms with van der Waals surface area (Å²) >= 11 is 6.11. The summed E-state index contributed by atoms with van der Waals surface area (Å²) in [5.74, 6) is 1.38. The second kappa shape index (κ2) is 5.74. The molecule has 1 saturated carbocycles. The number of hydrogen-bond donors (Lipinski definition) is 2. The molecule has 5 heteroatoms. The monoisotopic (exact) mass is 268 g/mol. The van der Waals surface area contributed by atoms with Crippen molar-refractivity contribution in [2.24, 2.45) is 5.41 Å². The highest BCUT2D eigenvalue weighted by atomic mass is 35.5. The first-order valence-corrected chi connectivity index (χ1v) is 7.07. The van der Waals surface area contributed by atoms with Gasteiger partial charge in [0.05, 0.1) is 6.20 Å². The van der Waals surface area contributed by atoms with Crippen LogP contribution in [0, 0.1) is 5.41 Å². The number of halogens is 1. The first-order valence-electron chi connectivity index (χ1n) is 6.69. The van der Waals surface area contributed by atoms with Gasteiger partial charge >= 0.3 is 0 Å². The molecule has 100 valence electrons. The van der Waals surface area contributed by atoms with E-state index in [-0.39, 0.29) is 0 Å². The fourth-order valence-electron chi connectivity index (χ4n) is 1.92. The minimum absolute atomic E-state index is 0.477. The molecule has 0 radical (unpaired) electrons. The lowest BCUT2D eigenvalue weighted by Crippen LogP contribution is -2.16. The average Bonchev–Trinajstić information content (AvgIpc) is 3.17. The van der Waals surface area contributed by atoms with E-state index in [1.54, 1.807) is 6.20 Å². The maximum absolute atomic E-state index is 6.11. The highest BCUT2D eigenvalue weighted by Crippen LogP contribution is 2.48. The van der Waals surface area contributed by atoms with Crippen LogP contribution in [-0.4, -0.2) is 23.1 Å². The van der Waals surface area contributed by atoms with Crippen molar-refractivity contribution in [3.05, 3.63) is 11.2 Å². The van der Waals surface area contributed by atoms with Crippen LogP contribution in [0.1, 0.15) is 39.5 Å².